The Morgan fingerprint density at radius 2 is 1.33 bits per heavy atom. The molecule has 1 aromatic carbocycles. The van der Waals surface area contributed by atoms with Crippen LogP contribution < -0.4 is 10.6 Å². The highest BCUT2D eigenvalue weighted by Crippen LogP contribution is 2.54. The van der Waals surface area contributed by atoms with Crippen LogP contribution in [0, 0.1) is 29.1 Å². The first-order chi connectivity index (χ1) is 30.4. The van der Waals surface area contributed by atoms with Crippen LogP contribution >= 0.6 is 0 Å². The number of amides is 4. The largest absolute Gasteiger partial charge is 0.453 e. The summed E-state index contributed by atoms with van der Waals surface area (Å²) in [4.78, 5) is 79.6. The molecule has 2 saturated heterocycles. The number of rotatable bonds is 10. The first-order valence-corrected chi connectivity index (χ1v) is 23.3. The molecule has 4 N–H and O–H groups in total. The van der Waals surface area contributed by atoms with E-state index in [1.807, 2.05) is 49.9 Å². The number of alkyl carbamates (subject to hydrolysis) is 2. The molecule has 5 heterocycles. The minimum absolute atomic E-state index is 0.0882. The summed E-state index contributed by atoms with van der Waals surface area (Å²) >= 11 is 0. The number of fused-ring (bicyclic) bond motifs is 6. The molecule has 4 aromatic rings. The van der Waals surface area contributed by atoms with E-state index < -0.39 is 24.3 Å². The molecule has 63 heavy (non-hydrogen) atoms. The molecule has 5 fully saturated rings. The zero-order chi connectivity index (χ0) is 43.9. The Bertz CT molecular complexity index is 2450. The second-order valence-electron chi connectivity index (χ2n) is 20.1. The number of hydrogen-bond acceptors (Lipinski definition) is 9. The van der Waals surface area contributed by atoms with Crippen LogP contribution in [0.3, 0.4) is 0 Å². The average molecular weight is 860 g/mol. The first kappa shape index (κ1) is 41.5. The highest BCUT2D eigenvalue weighted by Gasteiger charge is 2.53. The molecule has 334 valence electrons. The van der Waals surface area contributed by atoms with Crippen molar-refractivity contribution in [3.63, 3.8) is 0 Å². The van der Waals surface area contributed by atoms with Crippen LogP contribution in [0.25, 0.3) is 33.5 Å². The molecule has 15 nitrogen and oxygen atoms in total. The molecule has 4 amide bonds. The second-order valence-corrected chi connectivity index (χ2v) is 20.1. The third kappa shape index (κ3) is 7.04. The standard InChI is InChI=1S/C48H61N9O6/c1-24(2)37(54-46(60)62-5)44(58)56-29-12-9-27(17-29)40(56)42-50-23-36(53-42)39-32-21-48(15-7-8-16-48)20-31(32)33(22-49-39)26-11-14-34-35(19-26)52-43(51-34)41-28-10-13-30(18-28)57(41)45(59)38(25(3)4)55-47(61)63-6/h11,14,19,22-25,27-30,37-38,40-41H,7-10,12-13,15-18,20-21H2,1-6H3,(H,50,53)(H,51,52)(H,54,60)(H,55,61)/t27?,28?,29?,30?,37-,38-,40-,41-/m0/s1. The number of carbonyl (C=O) groups excluding carboxylic acids is 4. The van der Waals surface area contributed by atoms with E-state index >= 15 is 0 Å². The minimum Gasteiger partial charge on any atom is -0.453 e. The molecule has 1 spiro atoms. The number of methoxy groups -OCH3 is 2. The lowest BCUT2D eigenvalue weighted by molar-refractivity contribution is -0.140. The van der Waals surface area contributed by atoms with Crippen molar-refractivity contribution >= 4 is 35.0 Å². The molecule has 4 unspecified atom stereocenters. The molecule has 0 radical (unpaired) electrons. The fourth-order valence-corrected chi connectivity index (χ4v) is 12.7. The van der Waals surface area contributed by atoms with Gasteiger partial charge in [0.2, 0.25) is 11.8 Å². The molecular formula is C48H61N9O6. The average Bonchev–Trinajstić information content (AvgIpc) is 4.14. The summed E-state index contributed by atoms with van der Waals surface area (Å²) in [5.41, 5.74) is 8.59. The van der Waals surface area contributed by atoms with Crippen LogP contribution in [0.5, 0.6) is 0 Å². The molecule has 4 bridgehead atoms. The summed E-state index contributed by atoms with van der Waals surface area (Å²) in [6, 6.07) is 4.84. The maximum absolute atomic E-state index is 14.2. The highest BCUT2D eigenvalue weighted by molar-refractivity contribution is 5.88. The Morgan fingerprint density at radius 3 is 1.92 bits per heavy atom. The minimum atomic E-state index is -0.697. The topological polar surface area (TPSA) is 188 Å². The highest BCUT2D eigenvalue weighted by atomic mass is 16.5. The lowest BCUT2D eigenvalue weighted by atomic mass is 9.83. The Balaban J connectivity index is 0.964. The van der Waals surface area contributed by atoms with Gasteiger partial charge < -0.3 is 39.9 Å². The number of likely N-dealkylation sites (tertiary alicyclic amines) is 2. The first-order valence-electron chi connectivity index (χ1n) is 23.3. The number of piperidine rings is 2. The van der Waals surface area contributed by atoms with Gasteiger partial charge in [-0.25, -0.2) is 19.6 Å². The van der Waals surface area contributed by atoms with E-state index in [1.54, 1.807) is 0 Å². The Labute approximate surface area is 368 Å². The van der Waals surface area contributed by atoms with Crippen molar-refractivity contribution in [3.8, 4) is 22.5 Å². The van der Waals surface area contributed by atoms with Crippen LogP contribution in [-0.2, 0) is 31.9 Å². The van der Waals surface area contributed by atoms with Gasteiger partial charge in [0.05, 0.1) is 54.9 Å². The van der Waals surface area contributed by atoms with E-state index in [0.717, 1.165) is 96.6 Å². The molecule has 15 heteroatoms. The number of hydrogen-bond donors (Lipinski definition) is 4. The maximum Gasteiger partial charge on any atom is 0.407 e. The Kier molecular flexibility index (Phi) is 10.5. The molecule has 3 saturated carbocycles. The second kappa shape index (κ2) is 16.0. The number of carbonyl (C=O) groups is 4. The van der Waals surface area contributed by atoms with Crippen molar-refractivity contribution in [1.29, 1.82) is 0 Å². The van der Waals surface area contributed by atoms with Crippen LogP contribution in [-0.4, -0.2) is 97.1 Å². The number of aromatic nitrogens is 5. The lowest BCUT2D eigenvalue weighted by Crippen LogP contribution is -2.54. The van der Waals surface area contributed by atoms with Crippen molar-refractivity contribution in [1.82, 2.24) is 45.4 Å². The molecular weight excluding hydrogens is 799 g/mol. The molecule has 6 aliphatic rings. The smallest absolute Gasteiger partial charge is 0.407 e. The number of benzene rings is 1. The van der Waals surface area contributed by atoms with Crippen LogP contribution in [0.4, 0.5) is 9.59 Å². The van der Waals surface area contributed by atoms with E-state index in [4.69, 9.17) is 24.4 Å². The third-order valence-corrected chi connectivity index (χ3v) is 15.7. The van der Waals surface area contributed by atoms with Crippen molar-refractivity contribution < 1.29 is 28.7 Å². The van der Waals surface area contributed by atoms with Gasteiger partial charge in [-0.15, -0.1) is 0 Å². The predicted molar refractivity (Wildman–Crippen MR) is 235 cm³/mol. The third-order valence-electron chi connectivity index (χ3n) is 15.7. The van der Waals surface area contributed by atoms with Gasteiger partial charge in [0.1, 0.15) is 23.7 Å². The van der Waals surface area contributed by atoms with E-state index in [2.05, 4.69) is 38.8 Å². The van der Waals surface area contributed by atoms with Crippen LogP contribution in [0.15, 0.2) is 30.6 Å². The molecule has 10 rings (SSSR count). The number of pyridine rings is 1. The van der Waals surface area contributed by atoms with Gasteiger partial charge >= 0.3 is 12.2 Å². The summed E-state index contributed by atoms with van der Waals surface area (Å²) < 4.78 is 9.76. The van der Waals surface area contributed by atoms with Crippen LogP contribution in [0.1, 0.15) is 127 Å². The lowest BCUT2D eigenvalue weighted by Gasteiger charge is -2.37. The molecule has 3 aromatic heterocycles. The summed E-state index contributed by atoms with van der Waals surface area (Å²) in [5.74, 6) is 1.74. The van der Waals surface area contributed by atoms with Gasteiger partial charge in [0.15, 0.2) is 0 Å². The van der Waals surface area contributed by atoms with Crippen molar-refractivity contribution in [2.24, 2.45) is 29.1 Å². The summed E-state index contributed by atoms with van der Waals surface area (Å²) in [5, 5.41) is 5.59. The van der Waals surface area contributed by atoms with Gasteiger partial charge in [0.25, 0.3) is 0 Å². The number of aromatic amines is 2. The number of nitrogens with zero attached hydrogens (tertiary/aromatic N) is 5. The SMILES string of the molecule is COC(=O)N[C@H](C(=O)N1C2CCC(C2)[C@H]1c1ncc(-c2ncc(-c3ccc4nc([C@@H]5C6CCC(C6)N5C(=O)[C@@H](NC(=O)OC)C(C)C)[nH]c4c3)c3c2CC2(CCCC2)C3)[nH]1)C(C)C. The van der Waals surface area contributed by atoms with Gasteiger partial charge in [0, 0.05) is 23.8 Å². The quantitative estimate of drug-likeness (QED) is 0.125. The fraction of sp³-hybridized carbons (Fsp3) is 0.604. The van der Waals surface area contributed by atoms with E-state index in [1.165, 1.54) is 51.0 Å². The van der Waals surface area contributed by atoms with Crippen LogP contribution in [0.2, 0.25) is 0 Å². The molecule has 2 aliphatic heterocycles. The summed E-state index contributed by atoms with van der Waals surface area (Å²) in [6.45, 7) is 7.77. The zero-order valence-corrected chi connectivity index (χ0v) is 37.3. The molecule has 4 aliphatic carbocycles. The normalized spacial score (nSPS) is 26.3. The number of imidazole rings is 2. The van der Waals surface area contributed by atoms with E-state index in [9.17, 15) is 19.2 Å². The monoisotopic (exact) mass is 859 g/mol. The number of ether oxygens (including phenoxy) is 2. The van der Waals surface area contributed by atoms with E-state index in [0.29, 0.717) is 5.92 Å². The number of nitrogens with one attached hydrogen (secondary N) is 4. The van der Waals surface area contributed by atoms with Crippen molar-refractivity contribution in [3.05, 3.63) is 53.4 Å². The molecule has 8 atom stereocenters. The van der Waals surface area contributed by atoms with E-state index in [-0.39, 0.29) is 59.2 Å². The van der Waals surface area contributed by atoms with Gasteiger partial charge in [-0.05, 0) is 122 Å². The summed E-state index contributed by atoms with van der Waals surface area (Å²) in [6.07, 6.45) is 15.3. The summed E-state index contributed by atoms with van der Waals surface area (Å²) in [7, 11) is 2.64. The van der Waals surface area contributed by atoms with Gasteiger partial charge in [-0.1, -0.05) is 46.6 Å². The maximum atomic E-state index is 14.2. The van der Waals surface area contributed by atoms with Crippen molar-refractivity contribution in [2.75, 3.05) is 14.2 Å². The van der Waals surface area contributed by atoms with Gasteiger partial charge in [-0.3, -0.25) is 14.6 Å². The Hall–Kier alpha value is -5.47. The van der Waals surface area contributed by atoms with Crippen molar-refractivity contribution in [2.45, 2.75) is 141 Å². The predicted octanol–water partition coefficient (Wildman–Crippen LogP) is 7.54. The number of H-pyrrole nitrogens is 2. The zero-order valence-electron chi connectivity index (χ0n) is 37.3. The van der Waals surface area contributed by atoms with Gasteiger partial charge in [-0.2, -0.15) is 0 Å². The Morgan fingerprint density at radius 1 is 0.746 bits per heavy atom. The fourth-order valence-electron chi connectivity index (χ4n) is 12.7.